The zero-order valence-corrected chi connectivity index (χ0v) is 34.4. The quantitative estimate of drug-likeness (QED) is 0.161. The van der Waals surface area contributed by atoms with E-state index in [1.165, 1.54) is 53.6 Å². The molecule has 9 aromatic carbocycles. The van der Waals surface area contributed by atoms with Gasteiger partial charge in [-0.05, 0) is 67.8 Å². The maximum Gasteiger partial charge on any atom is 0.164 e. The van der Waals surface area contributed by atoms with E-state index in [4.69, 9.17) is 15.0 Å². The van der Waals surface area contributed by atoms with Crippen LogP contribution in [0.25, 0.3) is 87.7 Å². The van der Waals surface area contributed by atoms with Crippen molar-refractivity contribution < 1.29 is 0 Å². The number of nitrogens with zero attached hydrogens (tertiary/aromatic N) is 3. The highest BCUT2D eigenvalue weighted by molar-refractivity contribution is 7.25. The molecule has 4 heteroatoms. The van der Waals surface area contributed by atoms with Crippen LogP contribution in [0.15, 0.2) is 224 Å². The molecule has 12 rings (SSSR count). The Morgan fingerprint density at radius 1 is 0.306 bits per heavy atom. The van der Waals surface area contributed by atoms with Crippen LogP contribution in [-0.2, 0) is 5.41 Å². The molecule has 2 aromatic heterocycles. The van der Waals surface area contributed by atoms with Crippen LogP contribution in [-0.4, -0.2) is 15.0 Å². The van der Waals surface area contributed by atoms with Crippen LogP contribution in [0.1, 0.15) is 22.3 Å². The average molecular weight is 808 g/mol. The Morgan fingerprint density at radius 2 is 0.823 bits per heavy atom. The van der Waals surface area contributed by atoms with Crippen molar-refractivity contribution in [1.29, 1.82) is 0 Å². The van der Waals surface area contributed by atoms with Crippen molar-refractivity contribution in [2.24, 2.45) is 0 Å². The lowest BCUT2D eigenvalue weighted by Gasteiger charge is -2.33. The molecule has 0 radical (unpaired) electrons. The molecule has 0 saturated carbocycles. The highest BCUT2D eigenvalue weighted by atomic mass is 32.1. The summed E-state index contributed by atoms with van der Waals surface area (Å²) in [5, 5.41) is 2.61. The van der Waals surface area contributed by atoms with Crippen molar-refractivity contribution in [3.05, 3.63) is 247 Å². The molecule has 0 bridgehead atoms. The van der Waals surface area contributed by atoms with Gasteiger partial charge in [0.1, 0.15) is 0 Å². The Hall–Kier alpha value is -7.79. The lowest BCUT2D eigenvalue weighted by molar-refractivity contribution is 0.768. The zero-order chi connectivity index (χ0) is 41.0. The molecule has 3 nitrogen and oxygen atoms in total. The molecule has 0 spiro atoms. The molecule has 11 aromatic rings. The van der Waals surface area contributed by atoms with Gasteiger partial charge in [-0.3, -0.25) is 0 Å². The summed E-state index contributed by atoms with van der Waals surface area (Å²) in [4.78, 5) is 16.1. The first kappa shape index (κ1) is 36.1. The van der Waals surface area contributed by atoms with Gasteiger partial charge in [-0.1, -0.05) is 212 Å². The van der Waals surface area contributed by atoms with Crippen molar-refractivity contribution in [3.8, 4) is 67.5 Å². The van der Waals surface area contributed by atoms with Gasteiger partial charge in [-0.25, -0.2) is 15.0 Å². The number of rotatable bonds is 7. The fraction of sp³-hybridized carbons (Fsp3) is 0.0172. The highest BCUT2D eigenvalue weighted by Gasteiger charge is 2.47. The monoisotopic (exact) mass is 807 g/mol. The summed E-state index contributed by atoms with van der Waals surface area (Å²) in [6.45, 7) is 0. The molecule has 0 fully saturated rings. The van der Waals surface area contributed by atoms with Gasteiger partial charge >= 0.3 is 0 Å². The lowest BCUT2D eigenvalue weighted by Crippen LogP contribution is -2.28. The number of hydrogen-bond acceptors (Lipinski definition) is 4. The fourth-order valence-corrected chi connectivity index (χ4v) is 10.8. The van der Waals surface area contributed by atoms with Crippen LogP contribution in [0.5, 0.6) is 0 Å². The minimum atomic E-state index is -0.544. The number of aromatic nitrogens is 3. The Morgan fingerprint density at radius 3 is 1.56 bits per heavy atom. The van der Waals surface area contributed by atoms with E-state index in [1.54, 1.807) is 0 Å². The van der Waals surface area contributed by atoms with Crippen LogP contribution < -0.4 is 0 Å². The maximum absolute atomic E-state index is 5.42. The second-order valence-corrected chi connectivity index (χ2v) is 16.9. The van der Waals surface area contributed by atoms with Crippen molar-refractivity contribution >= 4 is 31.5 Å². The van der Waals surface area contributed by atoms with Crippen molar-refractivity contribution in [1.82, 2.24) is 15.0 Å². The Kier molecular flexibility index (Phi) is 8.58. The van der Waals surface area contributed by atoms with Crippen LogP contribution >= 0.6 is 11.3 Å². The third kappa shape index (κ3) is 5.76. The first-order valence-corrected chi connectivity index (χ1v) is 21.8. The summed E-state index contributed by atoms with van der Waals surface area (Å²) in [6, 6.07) is 80.4. The standard InChI is InChI=1S/C58H37N3S/c1-4-17-39(18-5-1)44-23-10-11-25-47(44)56-59-55(40-33-31-38(32-34-40)41-35-36-46-45-24-13-15-30-52(45)62-53(46)37-41)60-57(61-56)49-27-16-29-51-54(49)48-26-12-14-28-50(48)58(51,42-19-6-2-7-20-42)43-21-8-3-9-22-43/h1-37H. The SMILES string of the molecule is c1ccc(-c2ccccc2-c2nc(-c3ccc(-c4ccc5c(c4)sc4ccccc45)cc3)nc(-c3cccc4c3-c3ccccc3C4(c3ccccc3)c3ccccc3)n2)cc1. The van der Waals surface area contributed by atoms with E-state index >= 15 is 0 Å². The van der Waals surface area contributed by atoms with E-state index < -0.39 is 5.41 Å². The fourth-order valence-electron chi connectivity index (χ4n) is 9.69. The molecular weight excluding hydrogens is 771 g/mol. The predicted octanol–water partition coefficient (Wildman–Crippen LogP) is 14.9. The summed E-state index contributed by atoms with van der Waals surface area (Å²) in [5.41, 5.74) is 14.0. The molecule has 0 amide bonds. The molecule has 0 unspecified atom stereocenters. The maximum atomic E-state index is 5.42. The van der Waals surface area contributed by atoms with Gasteiger partial charge < -0.3 is 0 Å². The van der Waals surface area contributed by atoms with Crippen LogP contribution in [0.2, 0.25) is 0 Å². The lowest BCUT2D eigenvalue weighted by atomic mass is 9.67. The first-order chi connectivity index (χ1) is 30.7. The van der Waals surface area contributed by atoms with Gasteiger partial charge in [0.25, 0.3) is 0 Å². The Labute approximate surface area is 364 Å². The summed E-state index contributed by atoms with van der Waals surface area (Å²) < 4.78 is 2.60. The van der Waals surface area contributed by atoms with Gasteiger partial charge in [0.2, 0.25) is 0 Å². The van der Waals surface area contributed by atoms with Gasteiger partial charge in [0.05, 0.1) is 5.41 Å². The molecular formula is C58H37N3S. The third-order valence-electron chi connectivity index (χ3n) is 12.5. The minimum absolute atomic E-state index is 0.544. The van der Waals surface area contributed by atoms with E-state index in [2.05, 4.69) is 218 Å². The number of hydrogen-bond donors (Lipinski definition) is 0. The van der Waals surface area contributed by atoms with E-state index in [1.807, 2.05) is 17.4 Å². The zero-order valence-electron chi connectivity index (χ0n) is 33.6. The van der Waals surface area contributed by atoms with E-state index in [0.29, 0.717) is 17.5 Å². The van der Waals surface area contributed by atoms with E-state index in [-0.39, 0.29) is 0 Å². The molecule has 2 heterocycles. The molecule has 0 N–H and O–H groups in total. The summed E-state index contributed by atoms with van der Waals surface area (Å²) in [7, 11) is 0. The summed E-state index contributed by atoms with van der Waals surface area (Å²) in [5.74, 6) is 1.89. The van der Waals surface area contributed by atoms with E-state index in [9.17, 15) is 0 Å². The number of fused-ring (bicyclic) bond motifs is 6. The van der Waals surface area contributed by atoms with E-state index in [0.717, 1.165) is 38.9 Å². The normalized spacial score (nSPS) is 12.6. The van der Waals surface area contributed by atoms with Gasteiger partial charge in [-0.15, -0.1) is 11.3 Å². The molecule has 1 aliphatic rings. The summed E-state index contributed by atoms with van der Waals surface area (Å²) >= 11 is 1.84. The first-order valence-electron chi connectivity index (χ1n) is 21.0. The van der Waals surface area contributed by atoms with Gasteiger partial charge in [0, 0.05) is 36.9 Å². The third-order valence-corrected chi connectivity index (χ3v) is 13.6. The molecule has 0 atom stereocenters. The smallest absolute Gasteiger partial charge is 0.164 e. The van der Waals surface area contributed by atoms with Crippen molar-refractivity contribution in [2.45, 2.75) is 5.41 Å². The second kappa shape index (κ2) is 14.7. The van der Waals surface area contributed by atoms with Crippen LogP contribution in [0, 0.1) is 0 Å². The van der Waals surface area contributed by atoms with Gasteiger partial charge in [0.15, 0.2) is 17.5 Å². The van der Waals surface area contributed by atoms with Gasteiger partial charge in [-0.2, -0.15) is 0 Å². The van der Waals surface area contributed by atoms with Crippen LogP contribution in [0.4, 0.5) is 0 Å². The Bertz CT molecular complexity index is 3410. The highest BCUT2D eigenvalue weighted by Crippen LogP contribution is 2.58. The van der Waals surface area contributed by atoms with Crippen LogP contribution in [0.3, 0.4) is 0 Å². The molecule has 0 aliphatic heterocycles. The Balaban J connectivity index is 1.06. The summed E-state index contributed by atoms with van der Waals surface area (Å²) in [6.07, 6.45) is 0. The predicted molar refractivity (Wildman–Crippen MR) is 257 cm³/mol. The number of benzene rings is 9. The average Bonchev–Trinajstić information content (AvgIpc) is 3.88. The molecule has 0 saturated heterocycles. The molecule has 290 valence electrons. The second-order valence-electron chi connectivity index (χ2n) is 15.9. The van der Waals surface area contributed by atoms with Crippen molar-refractivity contribution in [2.75, 3.05) is 0 Å². The minimum Gasteiger partial charge on any atom is -0.208 e. The topological polar surface area (TPSA) is 38.7 Å². The molecule has 62 heavy (non-hydrogen) atoms. The largest absolute Gasteiger partial charge is 0.208 e. The molecule has 1 aliphatic carbocycles. The number of thiophene rings is 1. The van der Waals surface area contributed by atoms with Crippen molar-refractivity contribution in [3.63, 3.8) is 0 Å².